The third-order valence-corrected chi connectivity index (χ3v) is 4.30. The number of hydrogen-bond donors (Lipinski definition) is 2. The number of unbranched alkanes of at least 4 members (excludes halogenated alkanes) is 1. The standard InChI is InChI=1S/C13H23N3O3S/c1-16(2)9-5-4-8-15-20(17,18)11-6-7-12(14)13(10-11)19-3/h6-7,10,15H,4-5,8-9,14H2,1-3H3. The number of methoxy groups -OCH3 is 1. The summed E-state index contributed by atoms with van der Waals surface area (Å²) >= 11 is 0. The summed E-state index contributed by atoms with van der Waals surface area (Å²) in [6, 6.07) is 4.43. The van der Waals surface area contributed by atoms with Gasteiger partial charge in [0.15, 0.2) is 0 Å². The van der Waals surface area contributed by atoms with Crippen molar-refractivity contribution < 1.29 is 13.2 Å². The lowest BCUT2D eigenvalue weighted by atomic mass is 10.3. The van der Waals surface area contributed by atoms with Crippen molar-refractivity contribution in [2.75, 3.05) is 40.0 Å². The van der Waals surface area contributed by atoms with Gasteiger partial charge >= 0.3 is 0 Å². The molecule has 0 heterocycles. The second kappa shape index (κ2) is 7.47. The average Bonchev–Trinajstić information content (AvgIpc) is 2.38. The lowest BCUT2D eigenvalue weighted by molar-refractivity contribution is 0.394. The van der Waals surface area contributed by atoms with Crippen molar-refractivity contribution in [2.45, 2.75) is 17.7 Å². The second-order valence-corrected chi connectivity index (χ2v) is 6.58. The summed E-state index contributed by atoms with van der Waals surface area (Å²) in [5.74, 6) is 0.362. The van der Waals surface area contributed by atoms with Crippen LogP contribution in [-0.2, 0) is 10.0 Å². The summed E-state index contributed by atoms with van der Waals surface area (Å²) < 4.78 is 31.8. The fourth-order valence-corrected chi connectivity index (χ4v) is 2.79. The number of hydrogen-bond acceptors (Lipinski definition) is 5. The molecule has 0 aliphatic carbocycles. The molecule has 0 bridgehead atoms. The van der Waals surface area contributed by atoms with Gasteiger partial charge in [-0.2, -0.15) is 0 Å². The largest absolute Gasteiger partial charge is 0.495 e. The molecule has 0 saturated carbocycles. The van der Waals surface area contributed by atoms with Crippen molar-refractivity contribution >= 4 is 15.7 Å². The molecule has 1 aromatic carbocycles. The molecule has 0 saturated heterocycles. The van der Waals surface area contributed by atoms with E-state index in [1.807, 2.05) is 14.1 Å². The molecule has 3 N–H and O–H groups in total. The van der Waals surface area contributed by atoms with Crippen molar-refractivity contribution in [1.82, 2.24) is 9.62 Å². The van der Waals surface area contributed by atoms with Crippen molar-refractivity contribution in [3.05, 3.63) is 18.2 Å². The minimum atomic E-state index is -3.51. The third-order valence-electron chi connectivity index (χ3n) is 2.84. The lowest BCUT2D eigenvalue weighted by Crippen LogP contribution is -2.25. The molecule has 1 aromatic rings. The highest BCUT2D eigenvalue weighted by molar-refractivity contribution is 7.89. The number of ether oxygens (including phenoxy) is 1. The molecule has 114 valence electrons. The zero-order valence-corrected chi connectivity index (χ0v) is 13.0. The van der Waals surface area contributed by atoms with Crippen LogP contribution in [0.15, 0.2) is 23.1 Å². The Morgan fingerprint density at radius 2 is 2.00 bits per heavy atom. The summed E-state index contributed by atoms with van der Waals surface area (Å²) in [6.07, 6.45) is 1.74. The predicted octanol–water partition coefficient (Wildman–Crippen LogP) is 0.897. The van der Waals surface area contributed by atoms with E-state index in [1.54, 1.807) is 0 Å². The highest BCUT2D eigenvalue weighted by Crippen LogP contribution is 2.24. The van der Waals surface area contributed by atoms with E-state index in [0.717, 1.165) is 19.4 Å². The molecule has 6 nitrogen and oxygen atoms in total. The SMILES string of the molecule is COc1cc(S(=O)(=O)NCCCCN(C)C)ccc1N. The molecule has 0 unspecified atom stereocenters. The summed E-state index contributed by atoms with van der Waals surface area (Å²) in [5.41, 5.74) is 6.08. The third kappa shape index (κ3) is 4.99. The van der Waals surface area contributed by atoms with Crippen LogP contribution in [0.3, 0.4) is 0 Å². The number of sulfonamides is 1. The minimum Gasteiger partial charge on any atom is -0.495 e. The molecular formula is C13H23N3O3S. The van der Waals surface area contributed by atoms with E-state index in [4.69, 9.17) is 10.5 Å². The van der Waals surface area contributed by atoms with Gasteiger partial charge in [-0.1, -0.05) is 0 Å². The van der Waals surface area contributed by atoms with E-state index < -0.39 is 10.0 Å². The highest BCUT2D eigenvalue weighted by atomic mass is 32.2. The van der Waals surface area contributed by atoms with Gasteiger partial charge in [-0.05, 0) is 45.6 Å². The number of benzene rings is 1. The summed E-state index contributed by atoms with van der Waals surface area (Å²) in [7, 11) is 1.93. The number of nitrogen functional groups attached to an aromatic ring is 1. The molecule has 0 amide bonds. The average molecular weight is 301 g/mol. The van der Waals surface area contributed by atoms with E-state index in [-0.39, 0.29) is 4.90 Å². The fourth-order valence-electron chi connectivity index (χ4n) is 1.70. The summed E-state index contributed by atoms with van der Waals surface area (Å²) in [4.78, 5) is 2.23. The Hall–Kier alpha value is -1.31. The first-order valence-electron chi connectivity index (χ1n) is 6.44. The van der Waals surface area contributed by atoms with Crippen LogP contribution in [0, 0.1) is 0 Å². The van der Waals surface area contributed by atoms with Gasteiger partial charge in [-0.25, -0.2) is 13.1 Å². The Balaban J connectivity index is 2.60. The van der Waals surface area contributed by atoms with E-state index in [2.05, 4.69) is 9.62 Å². The quantitative estimate of drug-likeness (QED) is 0.550. The van der Waals surface area contributed by atoms with Gasteiger partial charge < -0.3 is 15.4 Å². The van der Waals surface area contributed by atoms with Gasteiger partial charge in [0, 0.05) is 12.6 Å². The zero-order valence-electron chi connectivity index (χ0n) is 12.2. The van der Waals surface area contributed by atoms with Crippen molar-refractivity contribution in [3.8, 4) is 5.75 Å². The number of nitrogens with two attached hydrogens (primary N) is 1. The summed E-state index contributed by atoms with van der Waals surface area (Å²) in [5, 5.41) is 0. The van der Waals surface area contributed by atoms with Crippen LogP contribution in [-0.4, -0.2) is 47.6 Å². The van der Waals surface area contributed by atoms with Gasteiger partial charge in [0.2, 0.25) is 10.0 Å². The molecule has 0 fully saturated rings. The van der Waals surface area contributed by atoms with Crippen LogP contribution in [0.5, 0.6) is 5.75 Å². The van der Waals surface area contributed by atoms with Gasteiger partial charge in [0.1, 0.15) is 5.75 Å². The van der Waals surface area contributed by atoms with Crippen molar-refractivity contribution in [2.24, 2.45) is 0 Å². The molecule has 7 heteroatoms. The van der Waals surface area contributed by atoms with Gasteiger partial charge in [0.25, 0.3) is 0 Å². The van der Waals surface area contributed by atoms with Gasteiger partial charge in [-0.15, -0.1) is 0 Å². The Kier molecular flexibility index (Phi) is 6.25. The molecule has 0 spiro atoms. The first kappa shape index (κ1) is 16.7. The van der Waals surface area contributed by atoms with Crippen LogP contribution in [0.25, 0.3) is 0 Å². The van der Waals surface area contributed by atoms with Crippen LogP contribution in [0.4, 0.5) is 5.69 Å². The Labute approximate surface area is 121 Å². The Bertz CT molecular complexity index is 530. The van der Waals surface area contributed by atoms with E-state index in [1.165, 1.54) is 25.3 Å². The maximum absolute atomic E-state index is 12.1. The molecule has 0 aliphatic heterocycles. The smallest absolute Gasteiger partial charge is 0.240 e. The summed E-state index contributed by atoms with van der Waals surface area (Å²) in [6.45, 7) is 1.36. The second-order valence-electron chi connectivity index (χ2n) is 4.81. The Morgan fingerprint density at radius 3 is 2.60 bits per heavy atom. The normalized spacial score (nSPS) is 11.8. The van der Waals surface area contributed by atoms with E-state index in [0.29, 0.717) is 18.0 Å². The zero-order chi connectivity index (χ0) is 15.2. The monoisotopic (exact) mass is 301 g/mol. The molecule has 0 radical (unpaired) electrons. The predicted molar refractivity (Wildman–Crippen MR) is 80.4 cm³/mol. The first-order valence-corrected chi connectivity index (χ1v) is 7.93. The molecule has 0 aromatic heterocycles. The van der Waals surface area contributed by atoms with Crippen LogP contribution < -0.4 is 15.2 Å². The van der Waals surface area contributed by atoms with Gasteiger partial charge in [-0.3, -0.25) is 0 Å². The molecular weight excluding hydrogens is 278 g/mol. The molecule has 20 heavy (non-hydrogen) atoms. The van der Waals surface area contributed by atoms with Crippen LogP contribution in [0.1, 0.15) is 12.8 Å². The lowest BCUT2D eigenvalue weighted by Gasteiger charge is -2.11. The van der Waals surface area contributed by atoms with E-state index >= 15 is 0 Å². The molecule has 0 atom stereocenters. The molecule has 1 rings (SSSR count). The number of nitrogens with zero attached hydrogens (tertiary/aromatic N) is 1. The van der Waals surface area contributed by atoms with Crippen LogP contribution >= 0.6 is 0 Å². The van der Waals surface area contributed by atoms with Crippen molar-refractivity contribution in [3.63, 3.8) is 0 Å². The molecule has 0 aliphatic rings. The maximum atomic E-state index is 12.1. The number of rotatable bonds is 8. The van der Waals surface area contributed by atoms with Crippen molar-refractivity contribution in [1.29, 1.82) is 0 Å². The van der Waals surface area contributed by atoms with Crippen LogP contribution in [0.2, 0.25) is 0 Å². The van der Waals surface area contributed by atoms with E-state index in [9.17, 15) is 8.42 Å². The highest BCUT2D eigenvalue weighted by Gasteiger charge is 2.15. The topological polar surface area (TPSA) is 84.7 Å². The minimum absolute atomic E-state index is 0.163. The first-order chi connectivity index (χ1) is 9.36. The number of anilines is 1. The maximum Gasteiger partial charge on any atom is 0.240 e. The fraction of sp³-hybridized carbons (Fsp3) is 0.538. The Morgan fingerprint density at radius 1 is 1.30 bits per heavy atom. The van der Waals surface area contributed by atoms with Gasteiger partial charge in [0.05, 0.1) is 17.7 Å². The number of nitrogens with one attached hydrogen (secondary N) is 1.